The Morgan fingerprint density at radius 3 is 2.59 bits per heavy atom. The monoisotopic (exact) mass is 529 g/mol. The zero-order chi connectivity index (χ0) is 26.2. The number of fused-ring (bicyclic) bond motifs is 1. The van der Waals surface area contributed by atoms with Crippen molar-refractivity contribution in [2.75, 3.05) is 18.5 Å². The Labute approximate surface area is 223 Å². The second-order valence-corrected chi connectivity index (χ2v) is 11.3. The molecule has 5 rings (SSSR count). The van der Waals surface area contributed by atoms with Gasteiger partial charge in [0.1, 0.15) is 11.6 Å². The van der Waals surface area contributed by atoms with Crippen molar-refractivity contribution in [3.63, 3.8) is 0 Å². The van der Waals surface area contributed by atoms with Gasteiger partial charge in [-0.3, -0.25) is 14.4 Å². The predicted octanol–water partition coefficient (Wildman–Crippen LogP) is 3.69. The van der Waals surface area contributed by atoms with Crippen LogP contribution in [-0.2, 0) is 23.9 Å². The van der Waals surface area contributed by atoms with E-state index in [1.54, 1.807) is 29.2 Å². The summed E-state index contributed by atoms with van der Waals surface area (Å²) in [4.78, 5) is 42.8. The van der Waals surface area contributed by atoms with Crippen molar-refractivity contribution in [1.29, 1.82) is 0 Å². The molecule has 5 atom stereocenters. The molecule has 200 valence electrons. The molecule has 2 bridgehead atoms. The van der Waals surface area contributed by atoms with Crippen LogP contribution in [0.25, 0.3) is 0 Å². The largest absolute Gasteiger partial charge is 0.379 e. The molecule has 3 amide bonds. The zero-order valence-corrected chi connectivity index (χ0v) is 22.2. The maximum atomic E-state index is 13.9. The topological polar surface area (TPSA) is 97.0 Å². The standard InChI is InChI=1S/C28H36ClN3O5/c1-17(2)36-16-6-15-32-24(26(34)31-19-7-4-3-5-8-19)28-14-13-21(37-28)22(23(28)27(32)35)25(33)30-20-11-9-18(29)10-12-20/h9-14,17,19,21-24H,3-8,15-16H2,1-2H3,(H,30,33)(H,31,34)/t21-,22-,23-,24+,28+/m1/s1. The third-order valence-electron chi connectivity index (χ3n) is 7.98. The molecule has 1 aliphatic carbocycles. The van der Waals surface area contributed by atoms with Gasteiger partial charge in [0, 0.05) is 29.9 Å². The number of nitrogens with one attached hydrogen (secondary N) is 2. The lowest BCUT2D eigenvalue weighted by molar-refractivity contribution is -0.141. The lowest BCUT2D eigenvalue weighted by Gasteiger charge is -2.34. The summed E-state index contributed by atoms with van der Waals surface area (Å²) >= 11 is 5.98. The van der Waals surface area contributed by atoms with E-state index in [9.17, 15) is 14.4 Å². The Balaban J connectivity index is 1.39. The van der Waals surface area contributed by atoms with Crippen LogP contribution in [0, 0.1) is 11.8 Å². The highest BCUT2D eigenvalue weighted by Gasteiger charge is 2.72. The summed E-state index contributed by atoms with van der Waals surface area (Å²) < 4.78 is 12.1. The second kappa shape index (κ2) is 10.8. The molecule has 1 saturated carbocycles. The number of ether oxygens (including phenoxy) is 2. The number of hydrogen-bond acceptors (Lipinski definition) is 5. The molecule has 2 N–H and O–H groups in total. The molecule has 0 aromatic heterocycles. The van der Waals surface area contributed by atoms with E-state index < -0.39 is 29.6 Å². The first-order valence-electron chi connectivity index (χ1n) is 13.5. The first kappa shape index (κ1) is 26.2. The fourth-order valence-electron chi connectivity index (χ4n) is 6.35. The fraction of sp³-hybridized carbons (Fsp3) is 0.607. The van der Waals surface area contributed by atoms with Gasteiger partial charge in [-0.2, -0.15) is 0 Å². The highest BCUT2D eigenvalue weighted by atomic mass is 35.5. The minimum atomic E-state index is -1.15. The van der Waals surface area contributed by atoms with Crippen LogP contribution in [0.15, 0.2) is 36.4 Å². The molecule has 3 fully saturated rings. The van der Waals surface area contributed by atoms with Crippen molar-refractivity contribution in [3.05, 3.63) is 41.4 Å². The van der Waals surface area contributed by atoms with E-state index in [2.05, 4.69) is 10.6 Å². The lowest BCUT2D eigenvalue weighted by atomic mass is 9.74. The van der Waals surface area contributed by atoms with Crippen LogP contribution in [0.2, 0.25) is 5.02 Å². The maximum absolute atomic E-state index is 13.9. The summed E-state index contributed by atoms with van der Waals surface area (Å²) in [6.07, 6.45) is 9.04. The molecule has 1 aromatic carbocycles. The average molecular weight is 530 g/mol. The van der Waals surface area contributed by atoms with E-state index in [1.165, 1.54) is 6.42 Å². The van der Waals surface area contributed by atoms with Gasteiger partial charge in [-0.25, -0.2) is 0 Å². The molecule has 0 unspecified atom stereocenters. The Kier molecular flexibility index (Phi) is 7.61. The Morgan fingerprint density at radius 1 is 1.16 bits per heavy atom. The number of carbonyl (C=O) groups excluding carboxylic acids is 3. The molecule has 1 aromatic rings. The van der Waals surface area contributed by atoms with E-state index in [0.29, 0.717) is 30.3 Å². The van der Waals surface area contributed by atoms with Gasteiger partial charge in [0.05, 0.1) is 24.0 Å². The van der Waals surface area contributed by atoms with Gasteiger partial charge in [-0.1, -0.05) is 43.0 Å². The highest BCUT2D eigenvalue weighted by Crippen LogP contribution is 2.55. The SMILES string of the molecule is CC(C)OCCCN1C(=O)[C@H]2[C@H](C(=O)Nc3ccc(Cl)cc3)[C@H]3C=C[C@@]2(O3)[C@@H]1C(=O)NC1CCCCC1. The van der Waals surface area contributed by atoms with Gasteiger partial charge in [0.25, 0.3) is 0 Å². The third kappa shape index (κ3) is 5.03. The van der Waals surface area contributed by atoms with Crippen molar-refractivity contribution in [2.24, 2.45) is 11.8 Å². The molecule has 0 radical (unpaired) electrons. The van der Waals surface area contributed by atoms with Gasteiger partial charge in [0.2, 0.25) is 17.7 Å². The van der Waals surface area contributed by atoms with Crippen LogP contribution in [0.3, 0.4) is 0 Å². The first-order chi connectivity index (χ1) is 17.8. The van der Waals surface area contributed by atoms with Crippen molar-refractivity contribution in [1.82, 2.24) is 10.2 Å². The Morgan fingerprint density at radius 2 is 1.89 bits per heavy atom. The quantitative estimate of drug-likeness (QED) is 0.375. The number of hydrogen-bond donors (Lipinski definition) is 2. The van der Waals surface area contributed by atoms with Crippen molar-refractivity contribution >= 4 is 35.0 Å². The van der Waals surface area contributed by atoms with E-state index in [0.717, 1.165) is 25.7 Å². The van der Waals surface area contributed by atoms with E-state index in [1.807, 2.05) is 26.0 Å². The molecule has 2 saturated heterocycles. The number of likely N-dealkylation sites (tertiary alicyclic amines) is 1. The summed E-state index contributed by atoms with van der Waals surface area (Å²) in [7, 11) is 0. The molecule has 3 heterocycles. The van der Waals surface area contributed by atoms with E-state index in [-0.39, 0.29) is 29.9 Å². The van der Waals surface area contributed by atoms with Crippen molar-refractivity contribution < 1.29 is 23.9 Å². The summed E-state index contributed by atoms with van der Waals surface area (Å²) in [5, 5.41) is 6.69. The van der Waals surface area contributed by atoms with Crippen LogP contribution in [0.4, 0.5) is 5.69 Å². The Hall–Kier alpha value is -2.42. The van der Waals surface area contributed by atoms with Crippen LogP contribution in [0.1, 0.15) is 52.4 Å². The molecule has 8 nitrogen and oxygen atoms in total. The number of nitrogens with zero attached hydrogens (tertiary/aromatic N) is 1. The molecule has 37 heavy (non-hydrogen) atoms. The smallest absolute Gasteiger partial charge is 0.246 e. The Bertz CT molecular complexity index is 1050. The van der Waals surface area contributed by atoms with Crippen LogP contribution >= 0.6 is 11.6 Å². The average Bonchev–Trinajstić information content (AvgIpc) is 3.51. The zero-order valence-electron chi connectivity index (χ0n) is 21.5. The predicted molar refractivity (Wildman–Crippen MR) is 140 cm³/mol. The highest BCUT2D eigenvalue weighted by molar-refractivity contribution is 6.30. The van der Waals surface area contributed by atoms with Gasteiger partial charge in [-0.15, -0.1) is 0 Å². The summed E-state index contributed by atoms with van der Waals surface area (Å²) in [5.41, 5.74) is -0.559. The lowest BCUT2D eigenvalue weighted by Crippen LogP contribution is -2.56. The van der Waals surface area contributed by atoms with Crippen LogP contribution in [-0.4, -0.2) is 65.7 Å². The summed E-state index contributed by atoms with van der Waals surface area (Å²) in [6, 6.07) is 6.12. The summed E-state index contributed by atoms with van der Waals surface area (Å²) in [6.45, 7) is 4.77. The molecule has 4 aliphatic rings. The third-order valence-corrected chi connectivity index (χ3v) is 8.23. The first-order valence-corrected chi connectivity index (χ1v) is 13.8. The van der Waals surface area contributed by atoms with Crippen LogP contribution in [0.5, 0.6) is 0 Å². The number of benzene rings is 1. The minimum Gasteiger partial charge on any atom is -0.379 e. The van der Waals surface area contributed by atoms with Crippen molar-refractivity contribution in [3.8, 4) is 0 Å². The van der Waals surface area contributed by atoms with Crippen molar-refractivity contribution in [2.45, 2.75) is 82.3 Å². The maximum Gasteiger partial charge on any atom is 0.246 e. The van der Waals surface area contributed by atoms with Gasteiger partial charge >= 0.3 is 0 Å². The number of carbonyl (C=O) groups is 3. The molecule has 9 heteroatoms. The number of halogens is 1. The van der Waals surface area contributed by atoms with Crippen LogP contribution < -0.4 is 10.6 Å². The van der Waals surface area contributed by atoms with Gasteiger partial charge < -0.3 is 25.0 Å². The number of amides is 3. The van der Waals surface area contributed by atoms with E-state index in [4.69, 9.17) is 21.1 Å². The number of rotatable bonds is 9. The van der Waals surface area contributed by atoms with E-state index >= 15 is 0 Å². The molecular weight excluding hydrogens is 494 g/mol. The number of anilines is 1. The molecule has 3 aliphatic heterocycles. The minimum absolute atomic E-state index is 0.0838. The normalized spacial score (nSPS) is 30.7. The molecular formula is C28H36ClN3O5. The summed E-state index contributed by atoms with van der Waals surface area (Å²) in [5.74, 6) is -2.20. The van der Waals surface area contributed by atoms with Gasteiger partial charge in [-0.05, 0) is 57.4 Å². The fourth-order valence-corrected chi connectivity index (χ4v) is 6.47. The van der Waals surface area contributed by atoms with Gasteiger partial charge in [0.15, 0.2) is 0 Å². The molecule has 1 spiro atoms. The second-order valence-electron chi connectivity index (χ2n) is 10.8.